The first-order valence-corrected chi connectivity index (χ1v) is 8.48. The smallest absolute Gasteiger partial charge is 0.245 e. The molecule has 3 rings (SSSR count). The molecule has 2 amide bonds. The van der Waals surface area contributed by atoms with Crippen LogP contribution in [0.1, 0.15) is 22.7 Å². The molecule has 0 unspecified atom stereocenters. The third-order valence-electron chi connectivity index (χ3n) is 5.29. The number of rotatable bonds is 4. The lowest BCUT2D eigenvalue weighted by Gasteiger charge is -2.47. The predicted octanol–water partition coefficient (Wildman–Crippen LogP) is 0.246. The number of nitrogens with zero attached hydrogens (tertiary/aromatic N) is 2. The highest BCUT2D eigenvalue weighted by atomic mass is 16.5. The highest BCUT2D eigenvalue weighted by Crippen LogP contribution is 2.50. The number of methoxy groups -OCH3 is 3. The Labute approximate surface area is 152 Å². The summed E-state index contributed by atoms with van der Waals surface area (Å²) in [6.45, 7) is 2.09. The van der Waals surface area contributed by atoms with Crippen molar-refractivity contribution in [3.8, 4) is 17.2 Å². The molecule has 8 heteroatoms. The van der Waals surface area contributed by atoms with Crippen LogP contribution in [-0.2, 0) is 16.0 Å². The van der Waals surface area contributed by atoms with Gasteiger partial charge in [-0.1, -0.05) is 0 Å². The Kier molecular flexibility index (Phi) is 4.70. The number of hydrogen-bond acceptors (Lipinski definition) is 6. The predicted molar refractivity (Wildman–Crippen MR) is 94.6 cm³/mol. The van der Waals surface area contributed by atoms with Gasteiger partial charge in [-0.3, -0.25) is 9.59 Å². The molecule has 2 N–H and O–H groups in total. The van der Waals surface area contributed by atoms with Crippen molar-refractivity contribution >= 4 is 11.8 Å². The van der Waals surface area contributed by atoms with Crippen molar-refractivity contribution in [2.45, 2.75) is 25.4 Å². The second kappa shape index (κ2) is 6.68. The second-order valence-corrected chi connectivity index (χ2v) is 6.58. The van der Waals surface area contributed by atoms with E-state index in [-0.39, 0.29) is 24.9 Å². The summed E-state index contributed by atoms with van der Waals surface area (Å²) < 4.78 is 16.8. The van der Waals surface area contributed by atoms with E-state index >= 15 is 0 Å². The van der Waals surface area contributed by atoms with Crippen LogP contribution in [0, 0.1) is 6.92 Å². The second-order valence-electron chi connectivity index (χ2n) is 6.58. The largest absolute Gasteiger partial charge is 0.496 e. The zero-order chi connectivity index (χ0) is 19.2. The molecule has 1 aromatic carbocycles. The van der Waals surface area contributed by atoms with Crippen LogP contribution < -0.4 is 19.9 Å². The van der Waals surface area contributed by atoms with E-state index in [0.717, 1.165) is 16.7 Å². The van der Waals surface area contributed by atoms with Gasteiger partial charge in [-0.15, -0.1) is 0 Å². The maximum Gasteiger partial charge on any atom is 0.245 e. The fourth-order valence-corrected chi connectivity index (χ4v) is 4.21. The maximum absolute atomic E-state index is 12.7. The third kappa shape index (κ3) is 2.39. The molecule has 8 nitrogen and oxygen atoms in total. The van der Waals surface area contributed by atoms with Crippen LogP contribution in [0.3, 0.4) is 0 Å². The van der Waals surface area contributed by atoms with E-state index in [4.69, 9.17) is 19.9 Å². The Balaban J connectivity index is 2.31. The summed E-state index contributed by atoms with van der Waals surface area (Å²) in [5.41, 5.74) is 8.45. The first kappa shape index (κ1) is 18.3. The summed E-state index contributed by atoms with van der Waals surface area (Å²) in [5.74, 6) is 1.51. The molecule has 0 spiro atoms. The molecule has 0 aliphatic carbocycles. The zero-order valence-electron chi connectivity index (χ0n) is 15.8. The third-order valence-corrected chi connectivity index (χ3v) is 5.29. The first-order chi connectivity index (χ1) is 12.4. The lowest BCUT2D eigenvalue weighted by atomic mass is 9.83. The van der Waals surface area contributed by atoms with Crippen molar-refractivity contribution in [3.05, 3.63) is 16.7 Å². The summed E-state index contributed by atoms with van der Waals surface area (Å²) in [7, 11) is 6.34. The lowest BCUT2D eigenvalue weighted by molar-refractivity contribution is -0.158. The van der Waals surface area contributed by atoms with Crippen LogP contribution in [0.4, 0.5) is 0 Å². The van der Waals surface area contributed by atoms with Gasteiger partial charge in [0.05, 0.1) is 33.9 Å². The Morgan fingerprint density at radius 3 is 2.23 bits per heavy atom. The van der Waals surface area contributed by atoms with Gasteiger partial charge in [-0.2, -0.15) is 0 Å². The lowest BCUT2D eigenvalue weighted by Crippen LogP contribution is -2.62. The molecular formula is C18H25N3O5. The minimum atomic E-state index is -0.589. The molecule has 142 valence electrons. The van der Waals surface area contributed by atoms with Crippen molar-refractivity contribution in [1.29, 1.82) is 0 Å². The molecule has 2 aliphatic heterocycles. The Morgan fingerprint density at radius 2 is 1.69 bits per heavy atom. The first-order valence-electron chi connectivity index (χ1n) is 8.48. The summed E-state index contributed by atoms with van der Waals surface area (Å²) in [6.07, 6.45) is 0.352. The van der Waals surface area contributed by atoms with E-state index in [1.165, 1.54) is 4.90 Å². The molecule has 1 aromatic rings. The Hall–Kier alpha value is -2.48. The number of amides is 2. The SMILES string of the molecule is COc1c(C)c(OC)c(OC)c2c1C[C@H]1C(=O)N(C)CC(=O)N1[C@H]2CN. The molecule has 2 atom stereocenters. The molecule has 2 aliphatic rings. The zero-order valence-corrected chi connectivity index (χ0v) is 15.8. The fourth-order valence-electron chi connectivity index (χ4n) is 4.21. The van der Waals surface area contributed by atoms with Crippen LogP contribution in [0.5, 0.6) is 17.2 Å². The fraction of sp³-hybridized carbons (Fsp3) is 0.556. The maximum atomic E-state index is 12.7. The van der Waals surface area contributed by atoms with Crippen molar-refractivity contribution in [1.82, 2.24) is 9.80 Å². The molecule has 0 aromatic heterocycles. The number of fused-ring (bicyclic) bond motifs is 2. The van der Waals surface area contributed by atoms with E-state index in [9.17, 15) is 9.59 Å². The van der Waals surface area contributed by atoms with E-state index in [1.807, 2.05) is 6.92 Å². The average molecular weight is 363 g/mol. The minimum Gasteiger partial charge on any atom is -0.496 e. The number of piperazine rings is 1. The van der Waals surface area contributed by atoms with Crippen LogP contribution in [0.15, 0.2) is 0 Å². The normalized spacial score (nSPS) is 22.1. The average Bonchev–Trinajstić information content (AvgIpc) is 2.63. The molecule has 0 radical (unpaired) electrons. The Bertz CT molecular complexity index is 764. The number of carbonyl (C=O) groups is 2. The number of hydrogen-bond donors (Lipinski definition) is 1. The molecule has 0 bridgehead atoms. The number of nitrogens with two attached hydrogens (primary N) is 1. The van der Waals surface area contributed by atoms with Crippen LogP contribution in [0.2, 0.25) is 0 Å². The number of carbonyl (C=O) groups excluding carboxylic acids is 2. The standard InChI is InChI=1S/C18H25N3O5/c1-9-15(24-3)10-6-11-18(23)20(2)8-13(22)21(11)12(7-19)14(10)17(26-5)16(9)25-4/h11-12H,6-8,19H2,1-5H3/t11-,12-/m0/s1. The number of likely N-dealkylation sites (N-methyl/N-ethyl adjacent to an activating group) is 1. The highest BCUT2D eigenvalue weighted by molar-refractivity contribution is 5.96. The van der Waals surface area contributed by atoms with Gasteiger partial charge in [0.2, 0.25) is 11.8 Å². The van der Waals surface area contributed by atoms with Crippen molar-refractivity contribution in [2.75, 3.05) is 41.5 Å². The van der Waals surface area contributed by atoms with Gasteiger partial charge in [-0.05, 0) is 6.92 Å². The summed E-state index contributed by atoms with van der Waals surface area (Å²) in [4.78, 5) is 28.5. The molecule has 1 saturated heterocycles. The van der Waals surface area contributed by atoms with Crippen molar-refractivity contribution in [3.63, 3.8) is 0 Å². The summed E-state index contributed by atoms with van der Waals surface area (Å²) >= 11 is 0. The molecule has 2 heterocycles. The van der Waals surface area contributed by atoms with E-state index < -0.39 is 12.1 Å². The molecule has 26 heavy (non-hydrogen) atoms. The molecule has 0 saturated carbocycles. The summed E-state index contributed by atoms with van der Waals surface area (Å²) in [5, 5.41) is 0. The monoisotopic (exact) mass is 363 g/mol. The Morgan fingerprint density at radius 1 is 1.08 bits per heavy atom. The summed E-state index contributed by atoms with van der Waals surface area (Å²) in [6, 6.07) is -1.07. The van der Waals surface area contributed by atoms with Gasteiger partial charge >= 0.3 is 0 Å². The quantitative estimate of drug-likeness (QED) is 0.824. The topological polar surface area (TPSA) is 94.3 Å². The molecule has 1 fully saturated rings. The van der Waals surface area contributed by atoms with Gasteiger partial charge < -0.3 is 29.7 Å². The van der Waals surface area contributed by atoms with Crippen molar-refractivity contribution < 1.29 is 23.8 Å². The van der Waals surface area contributed by atoms with Crippen molar-refractivity contribution in [2.24, 2.45) is 5.73 Å². The molecular weight excluding hydrogens is 338 g/mol. The van der Waals surface area contributed by atoms with E-state index in [0.29, 0.717) is 23.7 Å². The highest BCUT2D eigenvalue weighted by Gasteiger charge is 2.48. The van der Waals surface area contributed by atoms with E-state index in [2.05, 4.69) is 0 Å². The minimum absolute atomic E-state index is 0.0453. The van der Waals surface area contributed by atoms with Gasteiger partial charge in [0.15, 0.2) is 11.5 Å². The van der Waals surface area contributed by atoms with E-state index in [1.54, 1.807) is 33.3 Å². The van der Waals surface area contributed by atoms with Gasteiger partial charge in [0, 0.05) is 36.7 Å². The van der Waals surface area contributed by atoms with Crippen LogP contribution >= 0.6 is 0 Å². The van der Waals surface area contributed by atoms with Crippen LogP contribution in [-0.4, -0.2) is 69.1 Å². The van der Waals surface area contributed by atoms with Gasteiger partial charge in [0.1, 0.15) is 11.8 Å². The van der Waals surface area contributed by atoms with Gasteiger partial charge in [0.25, 0.3) is 0 Å². The number of benzene rings is 1. The van der Waals surface area contributed by atoms with Crippen LogP contribution in [0.25, 0.3) is 0 Å². The number of ether oxygens (including phenoxy) is 3. The van der Waals surface area contributed by atoms with Gasteiger partial charge in [-0.25, -0.2) is 0 Å².